The van der Waals surface area contributed by atoms with Gasteiger partial charge in [0.2, 0.25) is 0 Å². The zero-order valence-electron chi connectivity index (χ0n) is 8.94. The minimum absolute atomic E-state index is 0.156. The van der Waals surface area contributed by atoms with Crippen LogP contribution in [-0.2, 0) is 0 Å². The van der Waals surface area contributed by atoms with Gasteiger partial charge in [0.25, 0.3) is 0 Å². The minimum Gasteiger partial charge on any atom is -0.193 e. The molecule has 0 spiro atoms. The lowest BCUT2D eigenvalue weighted by atomic mass is 9.93. The second-order valence-electron chi connectivity index (χ2n) is 3.88. The Hall–Kier alpha value is 0.310. The van der Waals surface area contributed by atoms with Crippen molar-refractivity contribution in [2.45, 2.75) is 46.2 Å². The van der Waals surface area contributed by atoms with Gasteiger partial charge in [0.15, 0.2) is 5.66 Å². The van der Waals surface area contributed by atoms with Gasteiger partial charge in [-0.05, 0) is 12.8 Å². The molecule has 0 rings (SSSR count). The van der Waals surface area contributed by atoms with Crippen molar-refractivity contribution in [3.05, 3.63) is 0 Å². The van der Waals surface area contributed by atoms with Crippen molar-refractivity contribution >= 4 is 7.94 Å². The van der Waals surface area contributed by atoms with E-state index in [1.54, 1.807) is 0 Å². The summed E-state index contributed by atoms with van der Waals surface area (Å²) in [6, 6.07) is 0. The lowest BCUT2D eigenvalue weighted by Gasteiger charge is -2.26. The molecule has 13 heavy (non-hydrogen) atoms. The standard InChI is InChI=1S/C9H22O3P/c1-5-7(3)9(8(4)6-2)13(10,11)12/h7-12H,5-6H2,1-4H3/q+1. The van der Waals surface area contributed by atoms with E-state index in [1.165, 1.54) is 0 Å². The van der Waals surface area contributed by atoms with Gasteiger partial charge in [0.1, 0.15) is 0 Å². The van der Waals surface area contributed by atoms with E-state index in [1.807, 2.05) is 27.7 Å². The fraction of sp³-hybridized carbons (Fsp3) is 1.00. The molecule has 3 N–H and O–H groups in total. The lowest BCUT2D eigenvalue weighted by Crippen LogP contribution is -2.28. The second-order valence-corrected chi connectivity index (χ2v) is 5.70. The van der Waals surface area contributed by atoms with Gasteiger partial charge in [-0.3, -0.25) is 0 Å². The molecule has 0 heterocycles. The van der Waals surface area contributed by atoms with Crippen LogP contribution in [-0.4, -0.2) is 20.3 Å². The van der Waals surface area contributed by atoms with Crippen molar-refractivity contribution in [1.82, 2.24) is 0 Å². The Labute approximate surface area is 81.4 Å². The minimum atomic E-state index is -3.67. The first-order valence-corrected chi connectivity index (χ1v) is 6.63. The monoisotopic (exact) mass is 209 g/mol. The zero-order valence-corrected chi connectivity index (χ0v) is 9.83. The Kier molecular flexibility index (Phi) is 5.38. The van der Waals surface area contributed by atoms with Gasteiger partial charge >= 0.3 is 7.94 Å². The lowest BCUT2D eigenvalue weighted by molar-refractivity contribution is 0.264. The van der Waals surface area contributed by atoms with Crippen molar-refractivity contribution in [3.63, 3.8) is 0 Å². The summed E-state index contributed by atoms with van der Waals surface area (Å²) >= 11 is 0. The normalized spacial score (nSPS) is 19.6. The molecular weight excluding hydrogens is 187 g/mol. The predicted octanol–water partition coefficient (Wildman–Crippen LogP) is 2.19. The second kappa shape index (κ2) is 5.26. The zero-order chi connectivity index (χ0) is 10.6. The summed E-state index contributed by atoms with van der Waals surface area (Å²) < 4.78 is 0. The van der Waals surface area contributed by atoms with Gasteiger partial charge in [0, 0.05) is 11.8 Å². The average Bonchev–Trinajstić information content (AvgIpc) is 2.01. The van der Waals surface area contributed by atoms with Gasteiger partial charge in [-0.2, -0.15) is 14.7 Å². The maximum absolute atomic E-state index is 9.30. The Balaban J connectivity index is 4.55. The van der Waals surface area contributed by atoms with Crippen LogP contribution in [0.4, 0.5) is 0 Å². The molecule has 0 fully saturated rings. The van der Waals surface area contributed by atoms with E-state index in [9.17, 15) is 14.7 Å². The largest absolute Gasteiger partial charge is 0.407 e. The first-order chi connectivity index (χ1) is 5.84. The van der Waals surface area contributed by atoms with E-state index in [2.05, 4.69) is 0 Å². The Morgan fingerprint density at radius 1 is 0.923 bits per heavy atom. The molecule has 0 aromatic carbocycles. The van der Waals surface area contributed by atoms with Crippen LogP contribution < -0.4 is 0 Å². The number of rotatable bonds is 5. The van der Waals surface area contributed by atoms with Gasteiger partial charge in [-0.1, -0.05) is 27.7 Å². The van der Waals surface area contributed by atoms with Crippen LogP contribution in [0.2, 0.25) is 0 Å². The molecule has 2 unspecified atom stereocenters. The molecule has 0 bridgehead atoms. The summed E-state index contributed by atoms with van der Waals surface area (Å²) in [4.78, 5) is 27.9. The average molecular weight is 209 g/mol. The maximum atomic E-state index is 9.30. The fourth-order valence-electron chi connectivity index (χ4n) is 1.73. The van der Waals surface area contributed by atoms with E-state index >= 15 is 0 Å². The Morgan fingerprint density at radius 3 is 1.38 bits per heavy atom. The van der Waals surface area contributed by atoms with E-state index in [4.69, 9.17) is 0 Å². The highest BCUT2D eigenvalue weighted by Gasteiger charge is 2.48. The predicted molar refractivity (Wildman–Crippen MR) is 56.3 cm³/mol. The first kappa shape index (κ1) is 13.3. The quantitative estimate of drug-likeness (QED) is 0.608. The van der Waals surface area contributed by atoms with Crippen LogP contribution in [0.1, 0.15) is 40.5 Å². The van der Waals surface area contributed by atoms with Crippen molar-refractivity contribution < 1.29 is 14.7 Å². The SMILES string of the molecule is CCC(C)C(C(C)CC)[P+](O)(O)O. The molecule has 2 atom stereocenters. The van der Waals surface area contributed by atoms with Crippen LogP contribution >= 0.6 is 7.94 Å². The molecule has 0 radical (unpaired) electrons. The van der Waals surface area contributed by atoms with E-state index in [0.717, 1.165) is 12.8 Å². The Morgan fingerprint density at radius 2 is 1.23 bits per heavy atom. The van der Waals surface area contributed by atoms with Gasteiger partial charge in [0.05, 0.1) is 0 Å². The topological polar surface area (TPSA) is 60.7 Å². The van der Waals surface area contributed by atoms with E-state index < -0.39 is 7.94 Å². The number of hydrogen-bond donors (Lipinski definition) is 3. The molecule has 0 amide bonds. The molecular formula is C9H22O3P+. The third kappa shape index (κ3) is 3.90. The summed E-state index contributed by atoms with van der Waals surface area (Å²) in [5.74, 6) is 0.312. The highest BCUT2D eigenvalue weighted by Crippen LogP contribution is 2.56. The molecule has 80 valence electrons. The third-order valence-electron chi connectivity index (χ3n) is 2.85. The Bertz CT molecular complexity index is 134. The summed E-state index contributed by atoms with van der Waals surface area (Å²) in [6.07, 6.45) is 1.72. The summed E-state index contributed by atoms with van der Waals surface area (Å²) in [5.41, 5.74) is -0.359. The summed E-state index contributed by atoms with van der Waals surface area (Å²) in [7, 11) is -3.67. The molecule has 0 aliphatic carbocycles. The van der Waals surface area contributed by atoms with Crippen LogP contribution in [0.5, 0.6) is 0 Å². The molecule has 0 aliphatic heterocycles. The van der Waals surface area contributed by atoms with Crippen LogP contribution in [0.25, 0.3) is 0 Å². The van der Waals surface area contributed by atoms with Crippen molar-refractivity contribution in [2.75, 3.05) is 0 Å². The van der Waals surface area contributed by atoms with Crippen LogP contribution in [0.15, 0.2) is 0 Å². The molecule has 0 aromatic heterocycles. The van der Waals surface area contributed by atoms with Gasteiger partial charge < -0.3 is 0 Å². The van der Waals surface area contributed by atoms with Crippen LogP contribution in [0.3, 0.4) is 0 Å². The highest BCUT2D eigenvalue weighted by molar-refractivity contribution is 7.59. The van der Waals surface area contributed by atoms with Gasteiger partial charge in [-0.25, -0.2) is 0 Å². The van der Waals surface area contributed by atoms with Crippen LogP contribution in [0, 0.1) is 11.8 Å². The molecule has 0 aromatic rings. The van der Waals surface area contributed by atoms with Gasteiger partial charge in [-0.15, -0.1) is 0 Å². The van der Waals surface area contributed by atoms with Crippen molar-refractivity contribution in [2.24, 2.45) is 11.8 Å². The fourth-order valence-corrected chi connectivity index (χ4v) is 3.51. The summed E-state index contributed by atoms with van der Waals surface area (Å²) in [6.45, 7) is 7.90. The maximum Gasteiger partial charge on any atom is 0.407 e. The highest BCUT2D eigenvalue weighted by atomic mass is 31.2. The van der Waals surface area contributed by atoms with E-state index in [0.29, 0.717) is 0 Å². The summed E-state index contributed by atoms with van der Waals surface area (Å²) in [5, 5.41) is 0. The molecule has 4 heteroatoms. The molecule has 0 saturated heterocycles. The van der Waals surface area contributed by atoms with E-state index in [-0.39, 0.29) is 17.5 Å². The third-order valence-corrected chi connectivity index (χ3v) is 4.67. The number of hydrogen-bond acceptors (Lipinski definition) is 3. The van der Waals surface area contributed by atoms with Crippen molar-refractivity contribution in [1.29, 1.82) is 0 Å². The molecule has 0 aliphatic rings. The molecule has 3 nitrogen and oxygen atoms in total. The smallest absolute Gasteiger partial charge is 0.193 e. The molecule has 0 saturated carbocycles. The van der Waals surface area contributed by atoms with Crippen molar-refractivity contribution in [3.8, 4) is 0 Å². The first-order valence-electron chi connectivity index (χ1n) is 4.91.